The second-order valence-electron chi connectivity index (χ2n) is 5.12. The number of halogens is 1. The smallest absolute Gasteiger partial charge is 0.244 e. The molecule has 8 nitrogen and oxygen atoms in total. The second-order valence-corrected chi connectivity index (χ2v) is 7.77. The Balaban J connectivity index is 1.80. The SMILES string of the molecule is Nc1ncc(Br)cc1S(=O)(=O)NCCC(=O)NC[C@@H]1CCCO1. The normalized spacial score (nSPS) is 18.0. The molecule has 2 rings (SSSR count). The maximum absolute atomic E-state index is 12.2. The van der Waals surface area contributed by atoms with Crippen molar-refractivity contribution in [2.45, 2.75) is 30.3 Å². The highest BCUT2D eigenvalue weighted by Gasteiger charge is 2.19. The zero-order valence-electron chi connectivity index (χ0n) is 12.4. The number of nitrogens with two attached hydrogens (primary N) is 1. The average molecular weight is 407 g/mol. The van der Waals surface area contributed by atoms with Gasteiger partial charge >= 0.3 is 0 Å². The summed E-state index contributed by atoms with van der Waals surface area (Å²) in [6, 6.07) is 1.36. The van der Waals surface area contributed by atoms with Gasteiger partial charge in [0.25, 0.3) is 0 Å². The first kappa shape index (κ1) is 18.1. The van der Waals surface area contributed by atoms with E-state index < -0.39 is 10.0 Å². The fraction of sp³-hybridized carbons (Fsp3) is 0.538. The minimum absolute atomic E-state index is 0.0222. The average Bonchev–Trinajstić information content (AvgIpc) is 3.00. The Morgan fingerprint density at radius 1 is 1.52 bits per heavy atom. The molecule has 1 aromatic rings. The van der Waals surface area contributed by atoms with Crippen molar-refractivity contribution in [3.8, 4) is 0 Å². The van der Waals surface area contributed by atoms with Gasteiger partial charge in [-0.25, -0.2) is 18.1 Å². The molecule has 4 N–H and O–H groups in total. The van der Waals surface area contributed by atoms with E-state index in [-0.39, 0.29) is 35.7 Å². The number of pyridine rings is 1. The molecule has 1 aliphatic heterocycles. The standard InChI is InChI=1S/C13H19BrN4O4S/c14-9-6-11(13(15)17-7-9)23(20,21)18-4-3-12(19)16-8-10-2-1-5-22-10/h6-7,10,18H,1-5,8H2,(H2,15,17)(H,16,19)/t10-/m0/s1. The summed E-state index contributed by atoms with van der Waals surface area (Å²) in [7, 11) is -3.81. The fourth-order valence-corrected chi connectivity index (χ4v) is 3.76. The van der Waals surface area contributed by atoms with E-state index in [2.05, 4.69) is 31.0 Å². The van der Waals surface area contributed by atoms with Crippen LogP contribution in [0.3, 0.4) is 0 Å². The van der Waals surface area contributed by atoms with Gasteiger partial charge in [-0.15, -0.1) is 0 Å². The first-order valence-electron chi connectivity index (χ1n) is 7.17. The Kier molecular flexibility index (Phi) is 6.33. The van der Waals surface area contributed by atoms with Gasteiger partial charge in [0, 0.05) is 36.8 Å². The summed E-state index contributed by atoms with van der Waals surface area (Å²) in [5.74, 6) is -0.327. The van der Waals surface area contributed by atoms with Crippen LogP contribution in [0, 0.1) is 0 Å². The minimum atomic E-state index is -3.81. The molecule has 0 aromatic carbocycles. The highest BCUT2D eigenvalue weighted by Crippen LogP contribution is 2.20. The molecule has 0 aliphatic carbocycles. The molecular weight excluding hydrogens is 388 g/mol. The summed E-state index contributed by atoms with van der Waals surface area (Å²) in [5.41, 5.74) is 5.58. The van der Waals surface area contributed by atoms with E-state index in [9.17, 15) is 13.2 Å². The van der Waals surface area contributed by atoms with Gasteiger partial charge in [0.1, 0.15) is 10.7 Å². The Hall–Kier alpha value is -1.23. The number of sulfonamides is 1. The van der Waals surface area contributed by atoms with Crippen LogP contribution in [-0.2, 0) is 19.6 Å². The third kappa shape index (κ3) is 5.41. The predicted octanol–water partition coefficient (Wildman–Crippen LogP) is 0.390. The number of anilines is 1. The second kappa shape index (κ2) is 8.04. The van der Waals surface area contributed by atoms with Crippen LogP contribution in [0.1, 0.15) is 19.3 Å². The van der Waals surface area contributed by atoms with Gasteiger partial charge in [0.2, 0.25) is 15.9 Å². The molecule has 1 saturated heterocycles. The maximum Gasteiger partial charge on any atom is 0.244 e. The molecule has 1 aliphatic rings. The number of hydrogen-bond acceptors (Lipinski definition) is 6. The van der Waals surface area contributed by atoms with E-state index in [0.29, 0.717) is 11.0 Å². The van der Waals surface area contributed by atoms with Gasteiger partial charge in [-0.05, 0) is 34.8 Å². The Morgan fingerprint density at radius 3 is 3.00 bits per heavy atom. The number of hydrogen-bond donors (Lipinski definition) is 3. The number of carbonyl (C=O) groups is 1. The number of nitrogens with zero attached hydrogens (tertiary/aromatic N) is 1. The first-order chi connectivity index (χ1) is 10.9. The molecule has 1 amide bonds. The first-order valence-corrected chi connectivity index (χ1v) is 9.45. The predicted molar refractivity (Wildman–Crippen MR) is 88.1 cm³/mol. The number of carbonyl (C=O) groups excluding carboxylic acids is 1. The van der Waals surface area contributed by atoms with E-state index in [0.717, 1.165) is 19.4 Å². The molecule has 1 fully saturated rings. The molecule has 23 heavy (non-hydrogen) atoms. The van der Waals surface area contributed by atoms with Gasteiger partial charge < -0.3 is 15.8 Å². The largest absolute Gasteiger partial charge is 0.383 e. The molecule has 10 heteroatoms. The monoisotopic (exact) mass is 406 g/mol. The number of nitrogen functional groups attached to an aromatic ring is 1. The molecule has 0 radical (unpaired) electrons. The molecule has 2 heterocycles. The van der Waals surface area contributed by atoms with Gasteiger partial charge in [-0.2, -0.15) is 0 Å². The third-order valence-electron chi connectivity index (χ3n) is 3.33. The van der Waals surface area contributed by atoms with Crippen molar-refractivity contribution in [2.75, 3.05) is 25.4 Å². The quantitative estimate of drug-likeness (QED) is 0.601. The molecule has 128 valence electrons. The third-order valence-corrected chi connectivity index (χ3v) is 5.26. The molecule has 0 saturated carbocycles. The maximum atomic E-state index is 12.2. The summed E-state index contributed by atoms with van der Waals surface area (Å²) in [6.07, 6.45) is 3.44. The molecule has 1 atom stereocenters. The van der Waals surface area contributed by atoms with Crippen LogP contribution in [0.4, 0.5) is 5.82 Å². The fourth-order valence-electron chi connectivity index (χ4n) is 2.14. The van der Waals surface area contributed by atoms with E-state index in [1.807, 2.05) is 0 Å². The van der Waals surface area contributed by atoms with Crippen molar-refractivity contribution in [2.24, 2.45) is 0 Å². The molecule has 1 aromatic heterocycles. The van der Waals surface area contributed by atoms with Crippen LogP contribution in [-0.4, -0.2) is 45.1 Å². The zero-order chi connectivity index (χ0) is 16.9. The van der Waals surface area contributed by atoms with Crippen molar-refractivity contribution in [3.63, 3.8) is 0 Å². The van der Waals surface area contributed by atoms with E-state index in [1.54, 1.807) is 0 Å². The van der Waals surface area contributed by atoms with Crippen LogP contribution in [0.15, 0.2) is 21.6 Å². The lowest BCUT2D eigenvalue weighted by molar-refractivity contribution is -0.121. The zero-order valence-corrected chi connectivity index (χ0v) is 14.8. The summed E-state index contributed by atoms with van der Waals surface area (Å²) < 4.78 is 32.5. The van der Waals surface area contributed by atoms with Crippen LogP contribution < -0.4 is 15.8 Å². The van der Waals surface area contributed by atoms with Crippen LogP contribution in [0.2, 0.25) is 0 Å². The van der Waals surface area contributed by atoms with Crippen molar-refractivity contribution in [1.29, 1.82) is 0 Å². The van der Waals surface area contributed by atoms with Gasteiger partial charge in [0.05, 0.1) is 6.10 Å². The lowest BCUT2D eigenvalue weighted by Crippen LogP contribution is -2.34. The summed E-state index contributed by atoms with van der Waals surface area (Å²) in [4.78, 5) is 15.4. The molecular formula is C13H19BrN4O4S. The lowest BCUT2D eigenvalue weighted by Gasteiger charge is -2.11. The minimum Gasteiger partial charge on any atom is -0.383 e. The van der Waals surface area contributed by atoms with Crippen molar-refractivity contribution in [3.05, 3.63) is 16.7 Å². The number of ether oxygens (including phenoxy) is 1. The van der Waals surface area contributed by atoms with Crippen molar-refractivity contribution >= 4 is 37.7 Å². The van der Waals surface area contributed by atoms with Crippen LogP contribution in [0.5, 0.6) is 0 Å². The topological polar surface area (TPSA) is 123 Å². The highest BCUT2D eigenvalue weighted by atomic mass is 79.9. The molecule has 0 spiro atoms. The van der Waals surface area contributed by atoms with Crippen molar-refractivity contribution in [1.82, 2.24) is 15.0 Å². The summed E-state index contributed by atoms with van der Waals surface area (Å²) >= 11 is 3.15. The number of rotatable bonds is 7. The number of aromatic nitrogens is 1. The molecule has 0 bridgehead atoms. The Labute approximate surface area is 143 Å². The van der Waals surface area contributed by atoms with E-state index in [4.69, 9.17) is 10.5 Å². The highest BCUT2D eigenvalue weighted by molar-refractivity contribution is 9.10. The number of nitrogens with one attached hydrogen (secondary N) is 2. The van der Waals surface area contributed by atoms with Gasteiger partial charge in [0.15, 0.2) is 0 Å². The van der Waals surface area contributed by atoms with E-state index in [1.165, 1.54) is 12.3 Å². The lowest BCUT2D eigenvalue weighted by atomic mass is 10.2. The van der Waals surface area contributed by atoms with Gasteiger partial charge in [-0.3, -0.25) is 4.79 Å². The summed E-state index contributed by atoms with van der Waals surface area (Å²) in [6.45, 7) is 1.15. The number of amides is 1. The van der Waals surface area contributed by atoms with Crippen LogP contribution >= 0.6 is 15.9 Å². The van der Waals surface area contributed by atoms with Gasteiger partial charge in [-0.1, -0.05) is 0 Å². The Morgan fingerprint density at radius 2 is 2.30 bits per heavy atom. The molecule has 0 unspecified atom stereocenters. The Bertz CT molecular complexity index is 662. The van der Waals surface area contributed by atoms with Crippen molar-refractivity contribution < 1.29 is 17.9 Å². The van der Waals surface area contributed by atoms with Crippen LogP contribution in [0.25, 0.3) is 0 Å². The summed E-state index contributed by atoms with van der Waals surface area (Å²) in [5, 5.41) is 2.73. The van der Waals surface area contributed by atoms with E-state index >= 15 is 0 Å².